The molecule has 1 aromatic carbocycles. The molecule has 0 aliphatic carbocycles. The molecule has 0 saturated carbocycles. The lowest BCUT2D eigenvalue weighted by Crippen LogP contribution is -2.32. The third kappa shape index (κ3) is 4.60. The maximum atomic E-state index is 13.0. The van der Waals surface area contributed by atoms with Gasteiger partial charge >= 0.3 is 6.18 Å². The number of hydrogen-bond donors (Lipinski definition) is 2. The number of nitrogens with zero attached hydrogens (tertiary/aromatic N) is 2. The van der Waals surface area contributed by atoms with Gasteiger partial charge in [0.1, 0.15) is 5.75 Å². The Labute approximate surface area is 154 Å². The number of nitrogens with one attached hydrogen (secondary N) is 2. The lowest BCUT2D eigenvalue weighted by Gasteiger charge is -2.22. The Balaban J connectivity index is 1.79. The molecule has 1 fully saturated rings. The molecule has 2 N–H and O–H groups in total. The van der Waals surface area contributed by atoms with Gasteiger partial charge in [-0.1, -0.05) is 0 Å². The first-order valence-electron chi connectivity index (χ1n) is 8.79. The fourth-order valence-corrected chi connectivity index (χ4v) is 2.99. The van der Waals surface area contributed by atoms with Crippen LogP contribution in [0.1, 0.15) is 41.9 Å². The van der Waals surface area contributed by atoms with Gasteiger partial charge < -0.3 is 15.4 Å². The molecule has 146 valence electrons. The van der Waals surface area contributed by atoms with Crippen LogP contribution >= 0.6 is 0 Å². The van der Waals surface area contributed by atoms with E-state index in [9.17, 15) is 18.0 Å². The first kappa shape index (κ1) is 19.2. The minimum absolute atomic E-state index is 0.0365. The minimum Gasteiger partial charge on any atom is -0.492 e. The summed E-state index contributed by atoms with van der Waals surface area (Å²) in [5.41, 5.74) is -0.758. The van der Waals surface area contributed by atoms with Gasteiger partial charge in [0.05, 0.1) is 23.9 Å². The molecule has 1 atom stereocenters. The Morgan fingerprint density at radius 3 is 2.89 bits per heavy atom. The van der Waals surface area contributed by atoms with Gasteiger partial charge in [0, 0.05) is 12.7 Å². The van der Waals surface area contributed by atoms with Gasteiger partial charge in [0.25, 0.3) is 5.91 Å². The Kier molecular flexibility index (Phi) is 5.69. The summed E-state index contributed by atoms with van der Waals surface area (Å²) in [5.74, 6) is -0.410. The van der Waals surface area contributed by atoms with Crippen molar-refractivity contribution in [1.29, 1.82) is 0 Å². The Morgan fingerprint density at radius 1 is 1.41 bits per heavy atom. The SMILES string of the molecule is CCOc1ccc(C(F)(F)F)cc1NC(=O)c1ccn(C2CCCNC2)n1. The van der Waals surface area contributed by atoms with Crippen LogP contribution in [-0.2, 0) is 6.18 Å². The second-order valence-corrected chi connectivity index (χ2v) is 6.28. The van der Waals surface area contributed by atoms with E-state index in [0.29, 0.717) is 0 Å². The summed E-state index contributed by atoms with van der Waals surface area (Å²) in [6.45, 7) is 3.70. The number of amides is 1. The highest BCUT2D eigenvalue weighted by atomic mass is 19.4. The molecule has 6 nitrogen and oxygen atoms in total. The van der Waals surface area contributed by atoms with Crippen LogP contribution in [0.25, 0.3) is 0 Å². The quantitative estimate of drug-likeness (QED) is 0.831. The van der Waals surface area contributed by atoms with Crippen LogP contribution in [-0.4, -0.2) is 35.4 Å². The van der Waals surface area contributed by atoms with Crippen LogP contribution in [0.3, 0.4) is 0 Å². The number of alkyl halides is 3. The van der Waals surface area contributed by atoms with Crippen molar-refractivity contribution in [2.75, 3.05) is 25.0 Å². The number of ether oxygens (including phenoxy) is 1. The normalized spacial score (nSPS) is 17.6. The van der Waals surface area contributed by atoms with Gasteiger partial charge in [-0.2, -0.15) is 18.3 Å². The maximum absolute atomic E-state index is 13.0. The van der Waals surface area contributed by atoms with E-state index < -0.39 is 17.6 Å². The van der Waals surface area contributed by atoms with Gasteiger partial charge in [0.2, 0.25) is 0 Å². The summed E-state index contributed by atoms with van der Waals surface area (Å²) in [7, 11) is 0. The lowest BCUT2D eigenvalue weighted by molar-refractivity contribution is -0.137. The van der Waals surface area contributed by atoms with Crippen molar-refractivity contribution in [3.63, 3.8) is 0 Å². The van der Waals surface area contributed by atoms with Crippen molar-refractivity contribution >= 4 is 11.6 Å². The Morgan fingerprint density at radius 2 is 2.22 bits per heavy atom. The van der Waals surface area contributed by atoms with Crippen LogP contribution in [0.4, 0.5) is 18.9 Å². The summed E-state index contributed by atoms with van der Waals surface area (Å²) in [5, 5.41) is 10.0. The zero-order chi connectivity index (χ0) is 19.4. The molecular formula is C18H21F3N4O2. The molecule has 0 spiro atoms. The second-order valence-electron chi connectivity index (χ2n) is 6.28. The van der Waals surface area contributed by atoms with Gasteiger partial charge in [-0.3, -0.25) is 9.48 Å². The van der Waals surface area contributed by atoms with Crippen molar-refractivity contribution in [3.05, 3.63) is 41.7 Å². The summed E-state index contributed by atoms with van der Waals surface area (Å²) >= 11 is 0. The topological polar surface area (TPSA) is 68.2 Å². The molecule has 27 heavy (non-hydrogen) atoms. The molecule has 1 saturated heterocycles. The predicted octanol–water partition coefficient (Wildman–Crippen LogP) is 3.48. The highest BCUT2D eigenvalue weighted by molar-refractivity contribution is 6.03. The number of hydrogen-bond acceptors (Lipinski definition) is 4. The highest BCUT2D eigenvalue weighted by Gasteiger charge is 2.31. The molecule has 1 aliphatic rings. The van der Waals surface area contributed by atoms with Crippen LogP contribution in [0, 0.1) is 0 Å². The zero-order valence-electron chi connectivity index (χ0n) is 14.8. The van der Waals surface area contributed by atoms with Gasteiger partial charge in [-0.25, -0.2) is 0 Å². The van der Waals surface area contributed by atoms with Crippen LogP contribution in [0.15, 0.2) is 30.5 Å². The van der Waals surface area contributed by atoms with E-state index in [0.717, 1.165) is 38.1 Å². The summed E-state index contributed by atoms with van der Waals surface area (Å²) in [4.78, 5) is 12.5. The Bertz CT molecular complexity index is 798. The van der Waals surface area contributed by atoms with E-state index in [-0.39, 0.29) is 29.8 Å². The van der Waals surface area contributed by atoms with E-state index in [2.05, 4.69) is 15.7 Å². The van der Waals surface area contributed by atoms with Crippen LogP contribution in [0.5, 0.6) is 5.75 Å². The van der Waals surface area contributed by atoms with Crippen LogP contribution in [0.2, 0.25) is 0 Å². The monoisotopic (exact) mass is 382 g/mol. The van der Waals surface area contributed by atoms with Crippen molar-refractivity contribution in [1.82, 2.24) is 15.1 Å². The van der Waals surface area contributed by atoms with Crippen molar-refractivity contribution in [3.8, 4) is 5.75 Å². The van der Waals surface area contributed by atoms with Crippen molar-refractivity contribution in [2.24, 2.45) is 0 Å². The number of benzene rings is 1. The van der Waals surface area contributed by atoms with E-state index >= 15 is 0 Å². The number of carbonyl (C=O) groups excluding carboxylic acids is 1. The largest absolute Gasteiger partial charge is 0.492 e. The summed E-state index contributed by atoms with van der Waals surface area (Å²) < 4.78 is 46.0. The fraction of sp³-hybridized carbons (Fsp3) is 0.444. The number of anilines is 1. The minimum atomic E-state index is -4.51. The van der Waals surface area contributed by atoms with Gasteiger partial charge in [0.15, 0.2) is 5.69 Å². The summed E-state index contributed by atoms with van der Waals surface area (Å²) in [6, 6.07) is 4.70. The number of aromatic nitrogens is 2. The molecule has 1 unspecified atom stereocenters. The second kappa shape index (κ2) is 7.99. The van der Waals surface area contributed by atoms with Crippen molar-refractivity contribution in [2.45, 2.75) is 32.0 Å². The smallest absolute Gasteiger partial charge is 0.416 e. The molecule has 2 heterocycles. The predicted molar refractivity (Wildman–Crippen MR) is 93.9 cm³/mol. The first-order chi connectivity index (χ1) is 12.9. The number of piperidine rings is 1. The Hall–Kier alpha value is -2.55. The maximum Gasteiger partial charge on any atom is 0.416 e. The molecule has 3 rings (SSSR count). The van der Waals surface area contributed by atoms with Gasteiger partial charge in [-0.15, -0.1) is 0 Å². The lowest BCUT2D eigenvalue weighted by atomic mass is 10.1. The van der Waals surface area contributed by atoms with E-state index in [1.165, 1.54) is 6.07 Å². The highest BCUT2D eigenvalue weighted by Crippen LogP contribution is 2.35. The standard InChI is InChI=1S/C18H21F3N4O2/c1-2-27-16-6-5-12(18(19,20)21)10-15(16)23-17(26)14-7-9-25(24-14)13-4-3-8-22-11-13/h5-7,9-10,13,22H,2-4,8,11H2,1H3,(H,23,26). The van der Waals surface area contributed by atoms with E-state index in [1.54, 1.807) is 23.9 Å². The first-order valence-corrected chi connectivity index (χ1v) is 8.79. The third-order valence-electron chi connectivity index (χ3n) is 4.34. The zero-order valence-corrected chi connectivity index (χ0v) is 14.8. The fourth-order valence-electron chi connectivity index (χ4n) is 2.99. The van der Waals surface area contributed by atoms with Crippen LogP contribution < -0.4 is 15.4 Å². The molecule has 0 bridgehead atoms. The van der Waals surface area contributed by atoms with Crippen molar-refractivity contribution < 1.29 is 22.7 Å². The molecule has 9 heteroatoms. The molecule has 2 aromatic rings. The molecule has 0 radical (unpaired) electrons. The van der Waals surface area contributed by atoms with Gasteiger partial charge in [-0.05, 0) is 50.6 Å². The average molecular weight is 382 g/mol. The number of carbonyl (C=O) groups is 1. The van der Waals surface area contributed by atoms with E-state index in [1.807, 2.05) is 0 Å². The third-order valence-corrected chi connectivity index (χ3v) is 4.34. The molecule has 1 aromatic heterocycles. The number of halogens is 3. The molecule has 1 amide bonds. The summed E-state index contributed by atoms with van der Waals surface area (Å²) in [6.07, 6.45) is -0.826. The van der Waals surface area contributed by atoms with E-state index in [4.69, 9.17) is 4.74 Å². The molecule has 1 aliphatic heterocycles. The number of rotatable bonds is 5. The average Bonchev–Trinajstić information content (AvgIpc) is 3.13. The molecular weight excluding hydrogens is 361 g/mol.